The van der Waals surface area contributed by atoms with Crippen molar-refractivity contribution in [2.45, 2.75) is 25.7 Å². The molecule has 0 aliphatic heterocycles. The summed E-state index contributed by atoms with van der Waals surface area (Å²) in [5, 5.41) is 0.692. The Morgan fingerprint density at radius 3 is 1.95 bits per heavy atom. The topological polar surface area (TPSA) is 46.3 Å². The standard InChI is InChI=1S/C15H18Cl2N2O/c16-12-5-11(6-13(17)14(12)18)15(20)19(7-9-1-2-9)8-10-3-4-10/h5-6,9-10H,1-4,7-8,18H2. The molecule has 108 valence electrons. The molecule has 2 aliphatic rings. The number of benzene rings is 1. The summed E-state index contributed by atoms with van der Waals surface area (Å²) in [4.78, 5) is 14.6. The number of carbonyl (C=O) groups is 1. The first-order valence-corrected chi connectivity index (χ1v) is 7.84. The fourth-order valence-corrected chi connectivity index (χ4v) is 2.84. The van der Waals surface area contributed by atoms with Crippen LogP contribution in [0, 0.1) is 11.8 Å². The zero-order valence-corrected chi connectivity index (χ0v) is 12.8. The van der Waals surface area contributed by atoms with Gasteiger partial charge in [-0.1, -0.05) is 23.2 Å². The monoisotopic (exact) mass is 312 g/mol. The third-order valence-corrected chi connectivity index (χ3v) is 4.59. The van der Waals surface area contributed by atoms with E-state index in [1.165, 1.54) is 25.7 Å². The number of amides is 1. The number of anilines is 1. The second-order valence-electron chi connectivity index (χ2n) is 5.95. The number of halogens is 2. The van der Waals surface area contributed by atoms with E-state index in [4.69, 9.17) is 28.9 Å². The number of rotatable bonds is 5. The van der Waals surface area contributed by atoms with E-state index in [0.29, 0.717) is 33.1 Å². The number of carbonyl (C=O) groups excluding carboxylic acids is 1. The van der Waals surface area contributed by atoms with Crippen LogP contribution in [0.25, 0.3) is 0 Å². The molecule has 3 nitrogen and oxygen atoms in total. The molecule has 3 rings (SSSR count). The summed E-state index contributed by atoms with van der Waals surface area (Å²) in [5.41, 5.74) is 6.59. The number of hydrogen-bond acceptors (Lipinski definition) is 2. The summed E-state index contributed by atoms with van der Waals surface area (Å²) in [6.07, 6.45) is 4.94. The van der Waals surface area contributed by atoms with Gasteiger partial charge in [-0.3, -0.25) is 4.79 Å². The third kappa shape index (κ3) is 3.21. The maximum Gasteiger partial charge on any atom is 0.253 e. The average Bonchev–Trinajstić information content (AvgIpc) is 3.28. The lowest BCUT2D eigenvalue weighted by Gasteiger charge is -2.23. The molecule has 0 radical (unpaired) electrons. The predicted molar refractivity (Wildman–Crippen MR) is 82.2 cm³/mol. The molecule has 0 spiro atoms. The highest BCUT2D eigenvalue weighted by Gasteiger charge is 2.32. The van der Waals surface area contributed by atoms with Gasteiger partial charge in [0.15, 0.2) is 0 Å². The molecule has 2 saturated carbocycles. The highest BCUT2D eigenvalue weighted by Crippen LogP contribution is 2.35. The van der Waals surface area contributed by atoms with E-state index in [-0.39, 0.29) is 5.91 Å². The van der Waals surface area contributed by atoms with Crippen LogP contribution >= 0.6 is 23.2 Å². The first kappa shape index (κ1) is 14.0. The number of nitrogens with zero attached hydrogens (tertiary/aromatic N) is 1. The summed E-state index contributed by atoms with van der Waals surface area (Å²) in [5.74, 6) is 1.38. The lowest BCUT2D eigenvalue weighted by atomic mass is 10.1. The third-order valence-electron chi connectivity index (χ3n) is 3.96. The maximum atomic E-state index is 12.7. The van der Waals surface area contributed by atoms with Crippen LogP contribution in [-0.4, -0.2) is 23.9 Å². The van der Waals surface area contributed by atoms with Gasteiger partial charge in [0.25, 0.3) is 5.91 Å². The van der Waals surface area contributed by atoms with Crippen molar-refractivity contribution in [2.24, 2.45) is 11.8 Å². The SMILES string of the molecule is Nc1c(Cl)cc(C(=O)N(CC2CC2)CC2CC2)cc1Cl. The minimum Gasteiger partial charge on any atom is -0.396 e. The molecule has 5 heteroatoms. The molecule has 0 aromatic heterocycles. The normalized spacial score (nSPS) is 18.1. The van der Waals surface area contributed by atoms with Gasteiger partial charge >= 0.3 is 0 Å². The fourth-order valence-electron chi connectivity index (χ4n) is 2.35. The fraction of sp³-hybridized carbons (Fsp3) is 0.533. The van der Waals surface area contributed by atoms with Gasteiger partial charge in [0.05, 0.1) is 15.7 Å². The molecule has 0 unspecified atom stereocenters. The van der Waals surface area contributed by atoms with Crippen LogP contribution in [0.5, 0.6) is 0 Å². The first-order valence-electron chi connectivity index (χ1n) is 7.08. The van der Waals surface area contributed by atoms with E-state index in [0.717, 1.165) is 13.1 Å². The minimum absolute atomic E-state index is 0.0209. The molecule has 0 heterocycles. The minimum atomic E-state index is 0.0209. The lowest BCUT2D eigenvalue weighted by molar-refractivity contribution is 0.0739. The molecule has 20 heavy (non-hydrogen) atoms. The van der Waals surface area contributed by atoms with Crippen molar-refractivity contribution in [1.82, 2.24) is 4.90 Å². The van der Waals surface area contributed by atoms with E-state index < -0.39 is 0 Å². The average molecular weight is 313 g/mol. The smallest absolute Gasteiger partial charge is 0.253 e. The molecule has 0 saturated heterocycles. The van der Waals surface area contributed by atoms with Crippen molar-refractivity contribution in [3.63, 3.8) is 0 Å². The Morgan fingerprint density at radius 1 is 1.10 bits per heavy atom. The van der Waals surface area contributed by atoms with Gasteiger partial charge in [0, 0.05) is 18.7 Å². The Bertz CT molecular complexity index is 502. The van der Waals surface area contributed by atoms with Gasteiger partial charge in [0.2, 0.25) is 0 Å². The zero-order valence-electron chi connectivity index (χ0n) is 11.2. The second kappa shape index (κ2) is 5.45. The van der Waals surface area contributed by atoms with E-state index in [9.17, 15) is 4.79 Å². The van der Waals surface area contributed by atoms with Gasteiger partial charge in [-0.25, -0.2) is 0 Å². The number of nitrogens with two attached hydrogens (primary N) is 1. The van der Waals surface area contributed by atoms with Gasteiger partial charge in [-0.2, -0.15) is 0 Å². The van der Waals surface area contributed by atoms with Crippen molar-refractivity contribution in [3.8, 4) is 0 Å². The zero-order chi connectivity index (χ0) is 14.3. The summed E-state index contributed by atoms with van der Waals surface area (Å²) >= 11 is 12.0. The summed E-state index contributed by atoms with van der Waals surface area (Å²) in [7, 11) is 0. The molecular formula is C15H18Cl2N2O. The Morgan fingerprint density at radius 2 is 1.55 bits per heavy atom. The second-order valence-corrected chi connectivity index (χ2v) is 6.76. The molecule has 2 N–H and O–H groups in total. The molecule has 0 bridgehead atoms. The van der Waals surface area contributed by atoms with Crippen molar-refractivity contribution >= 4 is 34.8 Å². The van der Waals surface area contributed by atoms with E-state index >= 15 is 0 Å². The van der Waals surface area contributed by atoms with Gasteiger partial charge < -0.3 is 10.6 Å². The van der Waals surface area contributed by atoms with E-state index in [1.807, 2.05) is 4.90 Å². The van der Waals surface area contributed by atoms with E-state index in [2.05, 4.69) is 0 Å². The van der Waals surface area contributed by atoms with Crippen LogP contribution < -0.4 is 5.73 Å². The largest absolute Gasteiger partial charge is 0.396 e. The Balaban J connectivity index is 1.79. The molecule has 1 aromatic carbocycles. The number of nitrogen functional groups attached to an aromatic ring is 1. The molecular weight excluding hydrogens is 295 g/mol. The van der Waals surface area contributed by atoms with Crippen molar-refractivity contribution in [1.29, 1.82) is 0 Å². The maximum absolute atomic E-state index is 12.7. The summed E-state index contributed by atoms with van der Waals surface area (Å²) < 4.78 is 0. The Labute approximate surface area is 129 Å². The molecule has 2 fully saturated rings. The van der Waals surface area contributed by atoms with Crippen molar-refractivity contribution < 1.29 is 4.79 Å². The van der Waals surface area contributed by atoms with Crippen LogP contribution in [0.3, 0.4) is 0 Å². The molecule has 0 atom stereocenters. The quantitative estimate of drug-likeness (QED) is 0.840. The van der Waals surface area contributed by atoms with Crippen LogP contribution in [0.15, 0.2) is 12.1 Å². The highest BCUT2D eigenvalue weighted by atomic mass is 35.5. The lowest BCUT2D eigenvalue weighted by Crippen LogP contribution is -2.34. The van der Waals surface area contributed by atoms with Crippen molar-refractivity contribution in [3.05, 3.63) is 27.7 Å². The predicted octanol–water partition coefficient (Wildman–Crippen LogP) is 3.84. The summed E-state index contributed by atoms with van der Waals surface area (Å²) in [6.45, 7) is 1.71. The van der Waals surface area contributed by atoms with Crippen LogP contribution in [-0.2, 0) is 0 Å². The Hall–Kier alpha value is -0.930. The highest BCUT2D eigenvalue weighted by molar-refractivity contribution is 6.39. The number of hydrogen-bond donors (Lipinski definition) is 1. The van der Waals surface area contributed by atoms with Gasteiger partial charge in [0.1, 0.15) is 0 Å². The first-order chi connectivity index (χ1) is 9.54. The van der Waals surface area contributed by atoms with E-state index in [1.54, 1.807) is 12.1 Å². The Kier molecular flexibility index (Phi) is 3.83. The van der Waals surface area contributed by atoms with Crippen molar-refractivity contribution in [2.75, 3.05) is 18.8 Å². The summed E-state index contributed by atoms with van der Waals surface area (Å²) in [6, 6.07) is 3.25. The van der Waals surface area contributed by atoms with Crippen LogP contribution in [0.1, 0.15) is 36.0 Å². The van der Waals surface area contributed by atoms with Crippen LogP contribution in [0.2, 0.25) is 10.0 Å². The van der Waals surface area contributed by atoms with Crippen LogP contribution in [0.4, 0.5) is 5.69 Å². The van der Waals surface area contributed by atoms with Gasteiger partial charge in [-0.15, -0.1) is 0 Å². The molecule has 1 amide bonds. The van der Waals surface area contributed by atoms with Gasteiger partial charge in [-0.05, 0) is 49.7 Å². The molecule has 2 aliphatic carbocycles. The molecule has 1 aromatic rings.